The Hall–Kier alpha value is -2.79. The van der Waals surface area contributed by atoms with Gasteiger partial charge in [0.05, 0.1) is 0 Å². The zero-order chi connectivity index (χ0) is 24.5. The Morgan fingerprint density at radius 3 is 2.41 bits per heavy atom. The Morgan fingerprint density at radius 1 is 0.971 bits per heavy atom. The van der Waals surface area contributed by atoms with Crippen molar-refractivity contribution >= 4 is 41.0 Å². The molecule has 3 heterocycles. The molecule has 0 unspecified atom stereocenters. The van der Waals surface area contributed by atoms with Crippen LogP contribution >= 0.6 is 11.6 Å². The first-order valence-corrected chi connectivity index (χ1v) is 12.3. The number of carbonyl (C=O) groups is 1. The number of carbonyl (C=O) groups excluding carboxylic acids is 1. The number of nitrogens with one attached hydrogen (secondary N) is 3. The zero-order valence-corrected chi connectivity index (χ0v) is 21.2. The molecular weight excluding hydrogens is 456 g/mol. The molecule has 1 aliphatic rings. The van der Waals surface area contributed by atoms with Crippen molar-refractivity contribution in [3.63, 3.8) is 0 Å². The van der Waals surface area contributed by atoms with Crippen molar-refractivity contribution < 1.29 is 4.79 Å². The van der Waals surface area contributed by atoms with Gasteiger partial charge in [-0.15, -0.1) is 0 Å². The van der Waals surface area contributed by atoms with E-state index in [1.807, 2.05) is 6.92 Å². The molecule has 2 aromatic heterocycles. The van der Waals surface area contributed by atoms with Crippen LogP contribution < -0.4 is 20.9 Å². The molecule has 1 fully saturated rings. The van der Waals surface area contributed by atoms with Crippen LogP contribution in [0.4, 0.5) is 23.5 Å². The SMILES string of the molecule is CCCCCCNc1nc(Nc2nc(CC)nc(N3CCN(C)CC3)n2)c(C(=O)NC)nc1Cl. The molecule has 1 amide bonds. The van der Waals surface area contributed by atoms with Crippen LogP contribution in [-0.4, -0.2) is 82.5 Å². The van der Waals surface area contributed by atoms with Crippen molar-refractivity contribution in [2.24, 2.45) is 0 Å². The molecule has 12 heteroatoms. The topological polar surface area (TPSA) is 124 Å². The minimum absolute atomic E-state index is 0.0728. The van der Waals surface area contributed by atoms with Gasteiger partial charge in [0.1, 0.15) is 5.82 Å². The zero-order valence-electron chi connectivity index (χ0n) is 20.5. The Kier molecular flexibility index (Phi) is 9.58. The Labute approximate surface area is 206 Å². The van der Waals surface area contributed by atoms with Gasteiger partial charge in [-0.05, 0) is 13.5 Å². The highest BCUT2D eigenvalue weighted by atomic mass is 35.5. The van der Waals surface area contributed by atoms with Crippen molar-refractivity contribution in [3.05, 3.63) is 16.7 Å². The van der Waals surface area contributed by atoms with Gasteiger partial charge in [-0.3, -0.25) is 4.79 Å². The molecule has 0 aliphatic carbocycles. The standard InChI is InChI=1S/C22H35ClN10O/c1-5-7-8-9-10-25-19-17(23)28-16(20(34)24-3)18(29-19)30-21-26-15(6-2)27-22(31-21)33-13-11-32(4)12-14-33/h5-14H2,1-4H3,(H,24,34)(H2,25,26,27,29,30,31). The number of nitrogens with zero attached hydrogens (tertiary/aromatic N) is 7. The molecule has 34 heavy (non-hydrogen) atoms. The van der Waals surface area contributed by atoms with Crippen LogP contribution in [0.25, 0.3) is 0 Å². The van der Waals surface area contributed by atoms with E-state index < -0.39 is 5.91 Å². The van der Waals surface area contributed by atoms with Gasteiger partial charge < -0.3 is 25.8 Å². The van der Waals surface area contributed by atoms with Crippen molar-refractivity contribution in [2.45, 2.75) is 46.0 Å². The summed E-state index contributed by atoms with van der Waals surface area (Å²) in [7, 11) is 3.63. The quantitative estimate of drug-likeness (QED) is 0.405. The average Bonchev–Trinajstić information content (AvgIpc) is 2.85. The second kappa shape index (κ2) is 12.6. The van der Waals surface area contributed by atoms with Gasteiger partial charge in [0.2, 0.25) is 11.9 Å². The molecule has 3 rings (SSSR count). The van der Waals surface area contributed by atoms with E-state index in [0.717, 1.165) is 45.4 Å². The maximum Gasteiger partial charge on any atom is 0.273 e. The number of likely N-dealkylation sites (N-methyl/N-ethyl adjacent to an activating group) is 1. The first kappa shape index (κ1) is 25.8. The summed E-state index contributed by atoms with van der Waals surface area (Å²) in [6.07, 6.45) is 5.11. The molecule has 186 valence electrons. The van der Waals surface area contributed by atoms with Gasteiger partial charge in [0.15, 0.2) is 22.5 Å². The van der Waals surface area contributed by atoms with E-state index in [1.165, 1.54) is 13.5 Å². The van der Waals surface area contributed by atoms with E-state index in [1.54, 1.807) is 0 Å². The van der Waals surface area contributed by atoms with Gasteiger partial charge in [-0.2, -0.15) is 15.0 Å². The molecule has 0 atom stereocenters. The summed E-state index contributed by atoms with van der Waals surface area (Å²) >= 11 is 6.34. The molecule has 1 saturated heterocycles. The third kappa shape index (κ3) is 6.86. The lowest BCUT2D eigenvalue weighted by Crippen LogP contribution is -2.45. The highest BCUT2D eigenvalue weighted by Gasteiger charge is 2.21. The van der Waals surface area contributed by atoms with Crippen LogP contribution in [-0.2, 0) is 6.42 Å². The molecule has 3 N–H and O–H groups in total. The first-order chi connectivity index (χ1) is 16.4. The predicted molar refractivity (Wildman–Crippen MR) is 135 cm³/mol. The van der Waals surface area contributed by atoms with Gasteiger partial charge in [-0.1, -0.05) is 44.7 Å². The normalized spacial score (nSPS) is 14.2. The van der Waals surface area contributed by atoms with Crippen LogP contribution in [0.1, 0.15) is 55.8 Å². The number of anilines is 4. The van der Waals surface area contributed by atoms with Gasteiger partial charge in [-0.25, -0.2) is 9.97 Å². The van der Waals surface area contributed by atoms with Crippen molar-refractivity contribution in [1.82, 2.24) is 35.1 Å². The smallest absolute Gasteiger partial charge is 0.273 e. The van der Waals surface area contributed by atoms with Crippen LogP contribution in [0.15, 0.2) is 0 Å². The number of aromatic nitrogens is 5. The van der Waals surface area contributed by atoms with Crippen LogP contribution in [0.3, 0.4) is 0 Å². The molecule has 0 spiro atoms. The molecule has 0 saturated carbocycles. The second-order valence-electron chi connectivity index (χ2n) is 8.27. The number of hydrogen-bond acceptors (Lipinski definition) is 10. The summed E-state index contributed by atoms with van der Waals surface area (Å²) in [5.74, 6) is 1.82. The highest BCUT2D eigenvalue weighted by molar-refractivity contribution is 6.32. The average molecular weight is 491 g/mol. The number of halogens is 1. The Bertz CT molecular complexity index is 965. The predicted octanol–water partition coefficient (Wildman–Crippen LogP) is 2.72. The van der Waals surface area contributed by atoms with Crippen molar-refractivity contribution in [2.75, 3.05) is 62.4 Å². The summed E-state index contributed by atoms with van der Waals surface area (Å²) in [4.78, 5) is 39.5. The number of rotatable bonds is 11. The van der Waals surface area contributed by atoms with E-state index in [0.29, 0.717) is 36.5 Å². The van der Waals surface area contributed by atoms with E-state index in [9.17, 15) is 4.79 Å². The number of aryl methyl sites for hydroxylation is 1. The third-order valence-electron chi connectivity index (χ3n) is 5.62. The summed E-state index contributed by atoms with van der Waals surface area (Å²) in [6.45, 7) is 8.42. The molecule has 1 aliphatic heterocycles. The fourth-order valence-electron chi connectivity index (χ4n) is 3.53. The van der Waals surface area contributed by atoms with Gasteiger partial charge in [0, 0.05) is 46.2 Å². The van der Waals surface area contributed by atoms with E-state index in [4.69, 9.17) is 11.6 Å². The molecular formula is C22H35ClN10O. The summed E-state index contributed by atoms with van der Waals surface area (Å²) in [6, 6.07) is 0. The van der Waals surface area contributed by atoms with Crippen LogP contribution in [0.2, 0.25) is 5.15 Å². The second-order valence-corrected chi connectivity index (χ2v) is 8.63. The number of amides is 1. The lowest BCUT2D eigenvalue weighted by Gasteiger charge is -2.32. The fourth-order valence-corrected chi connectivity index (χ4v) is 3.72. The van der Waals surface area contributed by atoms with E-state index in [2.05, 4.69) is 64.6 Å². The molecule has 2 aromatic rings. The Morgan fingerprint density at radius 2 is 1.74 bits per heavy atom. The molecule has 0 aromatic carbocycles. The minimum Gasteiger partial charge on any atom is -0.367 e. The van der Waals surface area contributed by atoms with Crippen molar-refractivity contribution in [1.29, 1.82) is 0 Å². The van der Waals surface area contributed by atoms with Crippen LogP contribution in [0.5, 0.6) is 0 Å². The molecule has 0 radical (unpaired) electrons. The maximum atomic E-state index is 12.5. The summed E-state index contributed by atoms with van der Waals surface area (Å²) < 4.78 is 0. The Balaban J connectivity index is 1.87. The minimum atomic E-state index is -0.407. The summed E-state index contributed by atoms with van der Waals surface area (Å²) in [5.41, 5.74) is 0.0728. The highest BCUT2D eigenvalue weighted by Crippen LogP contribution is 2.25. The number of unbranched alkanes of at least 4 members (excludes halogenated alkanes) is 3. The van der Waals surface area contributed by atoms with Gasteiger partial charge in [0.25, 0.3) is 5.91 Å². The van der Waals surface area contributed by atoms with E-state index >= 15 is 0 Å². The van der Waals surface area contributed by atoms with Gasteiger partial charge >= 0.3 is 0 Å². The molecule has 0 bridgehead atoms. The lowest BCUT2D eigenvalue weighted by molar-refractivity contribution is 0.0959. The first-order valence-electron chi connectivity index (χ1n) is 11.9. The number of piperazine rings is 1. The number of hydrogen-bond donors (Lipinski definition) is 3. The third-order valence-corrected chi connectivity index (χ3v) is 5.88. The largest absolute Gasteiger partial charge is 0.367 e. The monoisotopic (exact) mass is 490 g/mol. The van der Waals surface area contributed by atoms with Crippen LogP contribution in [0, 0.1) is 0 Å². The summed E-state index contributed by atoms with van der Waals surface area (Å²) in [5, 5.41) is 9.05. The molecule has 11 nitrogen and oxygen atoms in total. The lowest BCUT2D eigenvalue weighted by atomic mass is 10.2. The maximum absolute atomic E-state index is 12.5. The van der Waals surface area contributed by atoms with E-state index in [-0.39, 0.29) is 16.7 Å². The fraction of sp³-hybridized carbons (Fsp3) is 0.636. The van der Waals surface area contributed by atoms with Crippen molar-refractivity contribution in [3.8, 4) is 0 Å².